The minimum Gasteiger partial charge on any atom is -0.379 e. The van der Waals surface area contributed by atoms with E-state index in [0.29, 0.717) is 57.4 Å². The highest BCUT2D eigenvalue weighted by Crippen LogP contribution is 2.30. The number of carbonyl (C=O) groups excluding carboxylic acids is 7. The number of methoxy groups -OCH3 is 2. The van der Waals surface area contributed by atoms with Gasteiger partial charge in [0.05, 0.1) is 42.7 Å². The Morgan fingerprint density at radius 2 is 1.51 bits per heavy atom. The molecule has 7 amide bonds. The zero-order chi connectivity index (χ0) is 49.4. The third kappa shape index (κ3) is 14.8. The molecule has 1 fully saturated rings. The molecular weight excluding hydrogens is 855 g/mol. The smallest absolute Gasteiger partial charge is 0.253 e. The second-order valence-electron chi connectivity index (χ2n) is 18.4. The van der Waals surface area contributed by atoms with Gasteiger partial charge in [0.1, 0.15) is 6.04 Å². The largest absolute Gasteiger partial charge is 0.379 e. The van der Waals surface area contributed by atoms with Crippen LogP contribution in [0.3, 0.4) is 0 Å². The minimum atomic E-state index is -0.934. The summed E-state index contributed by atoms with van der Waals surface area (Å²) in [6, 6.07) is 14.3. The third-order valence-corrected chi connectivity index (χ3v) is 13.5. The number of likely N-dealkylation sites (N-methyl/N-ethyl adjacent to an activating group) is 2. The van der Waals surface area contributed by atoms with Gasteiger partial charge in [0, 0.05) is 78.6 Å². The molecule has 8 atom stereocenters. The zero-order valence-corrected chi connectivity index (χ0v) is 41.1. The van der Waals surface area contributed by atoms with Gasteiger partial charge in [0.15, 0.2) is 0 Å². The number of rotatable bonds is 26. The lowest BCUT2D eigenvalue weighted by Gasteiger charge is -2.40. The SMILES string of the molecule is CC[C@H](C)[C@@H]([C@@H](CC(=O)N1CCC[C@H]1[C@H](OC)[C@@H](C)C(=O)N[C@@H](Cc1ccccc1)C(=O)N(C)c1ccc(CNC(=O)CCCCCN2C(=O)C=CC2=O)cc1)OC)N(C)C(=O)[C@@H](N)C(C)C. The number of likely N-dealkylation sites (tertiary alicyclic amines) is 1. The van der Waals surface area contributed by atoms with Crippen molar-refractivity contribution >= 4 is 47.0 Å². The fourth-order valence-corrected chi connectivity index (χ4v) is 9.05. The molecule has 0 bridgehead atoms. The summed E-state index contributed by atoms with van der Waals surface area (Å²) in [5.74, 6) is -2.58. The highest BCUT2D eigenvalue weighted by molar-refractivity contribution is 6.12. The van der Waals surface area contributed by atoms with Crippen LogP contribution < -0.4 is 21.3 Å². The van der Waals surface area contributed by atoms with Gasteiger partial charge < -0.3 is 40.5 Å². The monoisotopic (exact) mass is 930 g/mol. The quantitative estimate of drug-likeness (QED) is 0.0899. The number of imide groups is 1. The summed E-state index contributed by atoms with van der Waals surface area (Å²) in [5, 5.41) is 5.96. The normalized spacial score (nSPS) is 18.0. The Balaban J connectivity index is 1.39. The van der Waals surface area contributed by atoms with E-state index in [1.807, 2.05) is 70.2 Å². The van der Waals surface area contributed by atoms with Crippen LogP contribution in [-0.2, 0) is 56.0 Å². The molecule has 2 heterocycles. The van der Waals surface area contributed by atoms with Crippen molar-refractivity contribution < 1.29 is 43.0 Å². The molecule has 0 radical (unpaired) electrons. The van der Waals surface area contributed by atoms with E-state index in [-0.39, 0.29) is 66.0 Å². The van der Waals surface area contributed by atoms with Gasteiger partial charge in [0.2, 0.25) is 29.5 Å². The molecule has 0 unspecified atom stereocenters. The summed E-state index contributed by atoms with van der Waals surface area (Å²) in [7, 11) is 6.47. The second-order valence-corrected chi connectivity index (χ2v) is 18.4. The predicted octanol–water partition coefficient (Wildman–Crippen LogP) is 4.38. The highest BCUT2D eigenvalue weighted by atomic mass is 16.5. The molecule has 4 N–H and O–H groups in total. The van der Waals surface area contributed by atoms with Gasteiger partial charge >= 0.3 is 0 Å². The number of amides is 7. The van der Waals surface area contributed by atoms with Gasteiger partial charge in [-0.3, -0.25) is 38.5 Å². The molecule has 67 heavy (non-hydrogen) atoms. The first-order valence-corrected chi connectivity index (χ1v) is 23.8. The molecule has 2 aromatic rings. The molecule has 1 saturated heterocycles. The van der Waals surface area contributed by atoms with Crippen molar-refractivity contribution in [2.24, 2.45) is 23.5 Å². The molecule has 0 aromatic heterocycles. The molecule has 0 aliphatic carbocycles. The first-order valence-electron chi connectivity index (χ1n) is 23.8. The summed E-state index contributed by atoms with van der Waals surface area (Å²) in [5.41, 5.74) is 8.59. The molecule has 368 valence electrons. The van der Waals surface area contributed by atoms with Crippen LogP contribution in [0, 0.1) is 17.8 Å². The van der Waals surface area contributed by atoms with Crippen LogP contribution in [0.1, 0.15) is 97.1 Å². The summed E-state index contributed by atoms with van der Waals surface area (Å²) in [6.07, 6.45) is 5.87. The molecule has 2 aromatic carbocycles. The molecule has 0 saturated carbocycles. The van der Waals surface area contributed by atoms with E-state index in [1.54, 1.807) is 50.1 Å². The average Bonchev–Trinajstić information content (AvgIpc) is 3.94. The number of hydrogen-bond acceptors (Lipinski definition) is 10. The maximum absolute atomic E-state index is 14.3. The Morgan fingerprint density at radius 1 is 0.851 bits per heavy atom. The van der Waals surface area contributed by atoms with E-state index >= 15 is 0 Å². The van der Waals surface area contributed by atoms with Crippen molar-refractivity contribution in [3.63, 3.8) is 0 Å². The maximum atomic E-state index is 14.3. The van der Waals surface area contributed by atoms with E-state index in [9.17, 15) is 33.6 Å². The van der Waals surface area contributed by atoms with Crippen molar-refractivity contribution in [1.82, 2.24) is 25.3 Å². The number of unbranched alkanes of at least 4 members (excludes halogenated alkanes) is 2. The first-order chi connectivity index (χ1) is 31.9. The van der Waals surface area contributed by atoms with Crippen LogP contribution in [0.25, 0.3) is 0 Å². The fraction of sp³-hybridized carbons (Fsp3) is 0.588. The van der Waals surface area contributed by atoms with E-state index in [1.165, 1.54) is 29.1 Å². The molecule has 0 spiro atoms. The number of nitrogens with one attached hydrogen (secondary N) is 2. The standard InChI is InChI=1S/C51H75N7O9/c1-10-34(4)47(56(7)51(65)46(52)33(2)3)41(66-8)31-45(62)57-29-17-20-40(57)48(67-9)35(5)49(63)54-39(30-36-18-13-11-14-19-36)50(64)55(6)38-24-22-37(23-25-38)32-53-42(59)21-15-12-16-28-58-43(60)26-27-44(58)61/h11,13-14,18-19,22-27,33-35,39-41,46-48H,10,12,15-17,20-21,28-32,52H2,1-9H3,(H,53,59)(H,54,63)/t34-,35+,39-,40-,41+,46-,47-,48+/m0/s1. The van der Waals surface area contributed by atoms with Gasteiger partial charge in [-0.25, -0.2) is 0 Å². The number of nitrogens with zero attached hydrogens (tertiary/aromatic N) is 4. The van der Waals surface area contributed by atoms with Crippen molar-refractivity contribution in [3.05, 3.63) is 77.9 Å². The molecule has 2 aliphatic heterocycles. The third-order valence-electron chi connectivity index (χ3n) is 13.5. The van der Waals surface area contributed by atoms with Crippen LogP contribution in [0.2, 0.25) is 0 Å². The topological polar surface area (TPSA) is 201 Å². The summed E-state index contributed by atoms with van der Waals surface area (Å²) < 4.78 is 12.0. The van der Waals surface area contributed by atoms with Crippen LogP contribution in [0.5, 0.6) is 0 Å². The molecule has 16 nitrogen and oxygen atoms in total. The van der Waals surface area contributed by atoms with Crippen LogP contribution in [-0.4, -0.2) is 134 Å². The average molecular weight is 930 g/mol. The van der Waals surface area contributed by atoms with Crippen molar-refractivity contribution in [2.75, 3.05) is 46.3 Å². The summed E-state index contributed by atoms with van der Waals surface area (Å²) in [4.78, 5) is 98.3. The van der Waals surface area contributed by atoms with Gasteiger partial charge in [-0.1, -0.05) is 89.9 Å². The van der Waals surface area contributed by atoms with Crippen molar-refractivity contribution in [3.8, 4) is 0 Å². The van der Waals surface area contributed by atoms with Crippen LogP contribution >= 0.6 is 0 Å². The molecule has 2 aliphatic rings. The Labute approximate surface area is 397 Å². The first kappa shape index (κ1) is 54.2. The number of benzene rings is 2. The maximum Gasteiger partial charge on any atom is 0.253 e. The van der Waals surface area contributed by atoms with E-state index in [0.717, 1.165) is 24.0 Å². The lowest BCUT2D eigenvalue weighted by Crippen LogP contribution is -2.56. The Kier molecular flexibility index (Phi) is 21.2. The lowest BCUT2D eigenvalue weighted by molar-refractivity contribution is -0.146. The zero-order valence-electron chi connectivity index (χ0n) is 41.1. The predicted molar refractivity (Wildman–Crippen MR) is 257 cm³/mol. The van der Waals surface area contributed by atoms with Crippen molar-refractivity contribution in [2.45, 2.75) is 135 Å². The lowest BCUT2D eigenvalue weighted by atomic mass is 9.89. The van der Waals surface area contributed by atoms with E-state index < -0.39 is 42.3 Å². The van der Waals surface area contributed by atoms with Crippen LogP contribution in [0.4, 0.5) is 5.69 Å². The van der Waals surface area contributed by atoms with Crippen molar-refractivity contribution in [1.29, 1.82) is 0 Å². The number of carbonyl (C=O) groups is 7. The summed E-state index contributed by atoms with van der Waals surface area (Å²) in [6.45, 7) is 10.8. The van der Waals surface area contributed by atoms with E-state index in [2.05, 4.69) is 10.6 Å². The van der Waals surface area contributed by atoms with Gasteiger partial charge in [-0.2, -0.15) is 0 Å². The van der Waals surface area contributed by atoms with Crippen LogP contribution in [0.15, 0.2) is 66.7 Å². The Hall–Kier alpha value is -5.45. The van der Waals surface area contributed by atoms with Gasteiger partial charge in [-0.05, 0) is 60.8 Å². The Bertz CT molecular complexity index is 1990. The Morgan fingerprint density at radius 3 is 2.10 bits per heavy atom. The van der Waals surface area contributed by atoms with Gasteiger partial charge in [-0.15, -0.1) is 0 Å². The minimum absolute atomic E-state index is 0.0163. The molecule has 16 heteroatoms. The summed E-state index contributed by atoms with van der Waals surface area (Å²) >= 11 is 0. The number of hydrogen-bond donors (Lipinski definition) is 3. The second kappa shape index (κ2) is 26.2. The highest BCUT2D eigenvalue weighted by Gasteiger charge is 2.43. The van der Waals surface area contributed by atoms with Gasteiger partial charge in [0.25, 0.3) is 11.8 Å². The van der Waals surface area contributed by atoms with E-state index in [4.69, 9.17) is 15.2 Å². The number of ether oxygens (including phenoxy) is 2. The molecule has 4 rings (SSSR count). The fourth-order valence-electron chi connectivity index (χ4n) is 9.05. The number of anilines is 1. The molecular formula is C51H75N7O9. The number of nitrogens with two attached hydrogens (primary N) is 1.